The van der Waals surface area contributed by atoms with E-state index in [-0.39, 0.29) is 0 Å². The Morgan fingerprint density at radius 2 is 0.966 bits per heavy atom. The molecule has 0 aliphatic heterocycles. The molecule has 278 valence electrons. The first-order valence-corrected chi connectivity index (χ1v) is 22.4. The van der Waals surface area contributed by atoms with Crippen molar-refractivity contribution >= 4 is 94.4 Å². The zero-order valence-corrected chi connectivity index (χ0v) is 33.5. The van der Waals surface area contributed by atoms with Crippen LogP contribution >= 0.6 is 0 Å². The molecule has 3 heterocycles. The molecule has 59 heavy (non-hydrogen) atoms. The Bertz CT molecular complexity index is 3520. The molecule has 0 saturated carbocycles. The topological polar surface area (TPSA) is 23.0 Å². The highest BCUT2D eigenvalue weighted by Crippen LogP contribution is 2.39. The number of para-hydroxylation sites is 4. The van der Waals surface area contributed by atoms with Crippen LogP contribution in [0.4, 0.5) is 0 Å². The Balaban J connectivity index is 1.22. The second-order valence-corrected chi connectivity index (χ2v) is 19.5. The summed E-state index contributed by atoms with van der Waals surface area (Å²) in [4.78, 5) is 0. The normalized spacial score (nSPS) is 12.2. The molecule has 12 aromatic rings. The fourth-order valence-electron chi connectivity index (χ4n) is 10.1. The minimum atomic E-state index is -3.10. The maximum atomic E-state index is 6.53. The maximum absolute atomic E-state index is 6.53. The summed E-state index contributed by atoms with van der Waals surface area (Å²) in [6.07, 6.45) is 0. The van der Waals surface area contributed by atoms with Crippen molar-refractivity contribution in [2.45, 2.75) is 6.92 Å². The fraction of sp³-hybridized carbons (Fsp3) is 0.0182. The van der Waals surface area contributed by atoms with E-state index in [0.717, 1.165) is 38.8 Å². The third kappa shape index (κ3) is 4.87. The molecular formula is C55H38N2OSi. The van der Waals surface area contributed by atoms with Crippen LogP contribution in [0.25, 0.3) is 76.9 Å². The molecule has 0 N–H and O–H groups in total. The highest BCUT2D eigenvalue weighted by Gasteiger charge is 2.44. The highest BCUT2D eigenvalue weighted by molar-refractivity contribution is 7.20. The number of fused-ring (bicyclic) bond motifs is 9. The predicted octanol–water partition coefficient (Wildman–Crippen LogP) is 11.5. The van der Waals surface area contributed by atoms with Crippen LogP contribution in [0.15, 0.2) is 217 Å². The van der Waals surface area contributed by atoms with Crippen molar-refractivity contribution < 1.29 is 4.42 Å². The van der Waals surface area contributed by atoms with E-state index in [1.807, 2.05) is 6.07 Å². The van der Waals surface area contributed by atoms with Crippen molar-refractivity contribution in [3.05, 3.63) is 218 Å². The van der Waals surface area contributed by atoms with Gasteiger partial charge in [-0.1, -0.05) is 158 Å². The number of rotatable bonds is 6. The fourth-order valence-corrected chi connectivity index (χ4v) is 15.1. The van der Waals surface area contributed by atoms with E-state index < -0.39 is 8.07 Å². The highest BCUT2D eigenvalue weighted by atomic mass is 28.3. The summed E-state index contributed by atoms with van der Waals surface area (Å²) in [7, 11) is -3.10. The second kappa shape index (κ2) is 13.1. The number of furan rings is 1. The summed E-state index contributed by atoms with van der Waals surface area (Å²) < 4.78 is 11.5. The largest absolute Gasteiger partial charge is 0.456 e. The summed E-state index contributed by atoms with van der Waals surface area (Å²) in [5.41, 5.74) is 10.1. The van der Waals surface area contributed by atoms with Gasteiger partial charge in [-0.15, -0.1) is 0 Å². The van der Waals surface area contributed by atoms with Crippen LogP contribution in [0.5, 0.6) is 0 Å². The van der Waals surface area contributed by atoms with Crippen LogP contribution in [-0.4, -0.2) is 17.2 Å². The zero-order chi connectivity index (χ0) is 39.1. The third-order valence-corrected chi connectivity index (χ3v) is 17.3. The van der Waals surface area contributed by atoms with Crippen molar-refractivity contribution in [2.75, 3.05) is 0 Å². The zero-order valence-electron chi connectivity index (χ0n) is 32.5. The molecule has 0 saturated heterocycles. The molecule has 4 heteroatoms. The summed E-state index contributed by atoms with van der Waals surface area (Å²) in [6, 6.07) is 78.5. The molecule has 0 aliphatic carbocycles. The van der Waals surface area contributed by atoms with Crippen molar-refractivity contribution in [3.8, 4) is 11.4 Å². The van der Waals surface area contributed by atoms with E-state index in [1.54, 1.807) is 0 Å². The smallest absolute Gasteiger partial charge is 0.181 e. The monoisotopic (exact) mass is 770 g/mol. The number of nitrogens with zero attached hydrogens (tertiary/aromatic N) is 2. The van der Waals surface area contributed by atoms with Gasteiger partial charge in [0.25, 0.3) is 0 Å². The van der Waals surface area contributed by atoms with Gasteiger partial charge in [0.15, 0.2) is 8.07 Å². The second-order valence-electron chi connectivity index (χ2n) is 15.7. The van der Waals surface area contributed by atoms with E-state index in [4.69, 9.17) is 4.42 Å². The molecule has 3 aromatic heterocycles. The summed E-state index contributed by atoms with van der Waals surface area (Å²) in [5, 5.41) is 12.6. The Morgan fingerprint density at radius 1 is 0.373 bits per heavy atom. The van der Waals surface area contributed by atoms with E-state index >= 15 is 0 Å². The number of benzene rings is 9. The van der Waals surface area contributed by atoms with Crippen molar-refractivity contribution in [1.29, 1.82) is 0 Å². The molecule has 0 atom stereocenters. The lowest BCUT2D eigenvalue weighted by Gasteiger charge is -2.35. The van der Waals surface area contributed by atoms with Gasteiger partial charge in [0.05, 0.1) is 22.1 Å². The lowest BCUT2D eigenvalue weighted by Crippen LogP contribution is -2.75. The summed E-state index contributed by atoms with van der Waals surface area (Å²) >= 11 is 0. The molecule has 12 rings (SSSR count). The van der Waals surface area contributed by atoms with Gasteiger partial charge in [-0.25, -0.2) is 0 Å². The minimum Gasteiger partial charge on any atom is -0.456 e. The SMILES string of the molecule is Cc1cccc2c1c1cc3c(cc1n2-c1cccc([Si](c2ccccc2)(c2ccccc2)c2cccc4c5ccccc5n(-c5ccccc5)c24)c1)oc1ccccc13. The Morgan fingerprint density at radius 3 is 1.75 bits per heavy atom. The molecule has 0 aliphatic rings. The van der Waals surface area contributed by atoms with E-state index in [0.29, 0.717) is 0 Å². The molecule has 0 amide bonds. The Kier molecular flexibility index (Phi) is 7.47. The average Bonchev–Trinajstić information content (AvgIpc) is 3.95. The predicted molar refractivity (Wildman–Crippen MR) is 251 cm³/mol. The number of aryl methyl sites for hydroxylation is 1. The van der Waals surface area contributed by atoms with Crippen molar-refractivity contribution in [2.24, 2.45) is 0 Å². The van der Waals surface area contributed by atoms with Gasteiger partial charge in [0, 0.05) is 49.8 Å². The number of hydrogen-bond acceptors (Lipinski definition) is 1. The maximum Gasteiger partial charge on any atom is 0.181 e. The van der Waals surface area contributed by atoms with Crippen LogP contribution < -0.4 is 20.7 Å². The molecule has 0 bridgehead atoms. The third-order valence-electron chi connectivity index (χ3n) is 12.6. The van der Waals surface area contributed by atoms with Crippen molar-refractivity contribution in [1.82, 2.24) is 9.13 Å². The van der Waals surface area contributed by atoms with Gasteiger partial charge >= 0.3 is 0 Å². The van der Waals surface area contributed by atoms with E-state index in [1.165, 1.54) is 64.4 Å². The van der Waals surface area contributed by atoms with Crippen LogP contribution in [0.3, 0.4) is 0 Å². The summed E-state index contributed by atoms with van der Waals surface area (Å²) in [6.45, 7) is 2.23. The van der Waals surface area contributed by atoms with Crippen molar-refractivity contribution in [3.63, 3.8) is 0 Å². The first-order valence-electron chi connectivity index (χ1n) is 20.4. The van der Waals surface area contributed by atoms with Crippen LogP contribution in [-0.2, 0) is 0 Å². The first kappa shape index (κ1) is 33.7. The van der Waals surface area contributed by atoms with Gasteiger partial charge in [-0.2, -0.15) is 0 Å². The molecule has 3 nitrogen and oxygen atoms in total. The van der Waals surface area contributed by atoms with Gasteiger partial charge in [-0.3, -0.25) is 0 Å². The number of aromatic nitrogens is 2. The molecule has 0 radical (unpaired) electrons. The number of hydrogen-bond donors (Lipinski definition) is 0. The van der Waals surface area contributed by atoms with E-state index in [2.05, 4.69) is 222 Å². The molecular weight excluding hydrogens is 733 g/mol. The van der Waals surface area contributed by atoms with Gasteiger partial charge in [0.1, 0.15) is 11.2 Å². The van der Waals surface area contributed by atoms with Gasteiger partial charge in [0.2, 0.25) is 0 Å². The van der Waals surface area contributed by atoms with E-state index in [9.17, 15) is 0 Å². The lowest BCUT2D eigenvalue weighted by atomic mass is 10.1. The van der Waals surface area contributed by atoms with Gasteiger partial charge < -0.3 is 13.6 Å². The first-order chi connectivity index (χ1) is 29.2. The Hall–Kier alpha value is -7.40. The molecule has 0 fully saturated rings. The average molecular weight is 771 g/mol. The van der Waals surface area contributed by atoms with Crippen LogP contribution in [0, 0.1) is 6.92 Å². The van der Waals surface area contributed by atoms with Gasteiger partial charge in [-0.05, 0) is 81.8 Å². The van der Waals surface area contributed by atoms with Crippen LogP contribution in [0.1, 0.15) is 5.56 Å². The van der Waals surface area contributed by atoms with Crippen LogP contribution in [0.2, 0.25) is 0 Å². The molecule has 0 unspecified atom stereocenters. The lowest BCUT2D eigenvalue weighted by molar-refractivity contribution is 0.669. The minimum absolute atomic E-state index is 0.897. The quantitative estimate of drug-likeness (QED) is 0.122. The standard InChI is InChI=1S/C55H38N2OSi/c1-37-18-15-31-49-54(37)47-35-46-44-28-12-14-32-51(44)58-52(46)36-50(47)56(49)39-21-16-26-42(34-39)59(40-22-7-3-8-23-40,41-24-9-4-10-25-41)53-33-17-29-45-43-27-11-13-30-48(43)57(55(45)53)38-19-5-2-6-20-38/h2-36H,1H3. The summed E-state index contributed by atoms with van der Waals surface area (Å²) in [5.74, 6) is 0. The molecule has 0 spiro atoms. The molecule has 9 aromatic carbocycles. The Labute approximate surface area is 342 Å².